The molecule has 164 valence electrons. The third kappa shape index (κ3) is 3.26. The highest BCUT2D eigenvalue weighted by atomic mass is 16.7. The Hall–Kier alpha value is -2.52. The molecule has 4 rings (SSSR count). The standard InChI is InChI=1S/C21H27NO8/c1-8-15-13(10(17(25)16(8)24)6-12(23)30-21(2,3)4)9-5-11-19(29-7-28-11)18(26)14(9)20(27)22-15/h5,8,10,13,15-17,24-26H,6-7H2,1-4H3,(H,22,27)/t8-,10+,13-,15-,16-,17-/m0/s1. The quantitative estimate of drug-likeness (QED) is 0.520. The molecule has 2 heterocycles. The summed E-state index contributed by atoms with van der Waals surface area (Å²) in [6.45, 7) is 6.89. The third-order valence-electron chi connectivity index (χ3n) is 6.12. The first-order valence-electron chi connectivity index (χ1n) is 10.0. The van der Waals surface area contributed by atoms with E-state index < -0.39 is 53.5 Å². The Kier molecular flexibility index (Phi) is 4.85. The van der Waals surface area contributed by atoms with Crippen LogP contribution in [0, 0.1) is 11.8 Å². The van der Waals surface area contributed by atoms with Crippen molar-refractivity contribution < 1.29 is 39.1 Å². The lowest BCUT2D eigenvalue weighted by molar-refractivity contribution is -0.161. The summed E-state index contributed by atoms with van der Waals surface area (Å²) in [5.74, 6) is -2.73. The average molecular weight is 421 g/mol. The summed E-state index contributed by atoms with van der Waals surface area (Å²) in [5.41, 5.74) is -0.215. The van der Waals surface area contributed by atoms with Crippen molar-refractivity contribution in [2.24, 2.45) is 11.8 Å². The molecule has 3 aliphatic rings. The van der Waals surface area contributed by atoms with Crippen LogP contribution in [0.5, 0.6) is 17.2 Å². The summed E-state index contributed by atoms with van der Waals surface area (Å²) >= 11 is 0. The van der Waals surface area contributed by atoms with Gasteiger partial charge in [0.1, 0.15) is 5.60 Å². The Morgan fingerprint density at radius 2 is 1.97 bits per heavy atom. The van der Waals surface area contributed by atoms with E-state index in [1.165, 1.54) is 0 Å². The van der Waals surface area contributed by atoms with Crippen molar-refractivity contribution in [1.82, 2.24) is 5.32 Å². The summed E-state index contributed by atoms with van der Waals surface area (Å²) in [5, 5.41) is 34.9. The van der Waals surface area contributed by atoms with Crippen molar-refractivity contribution in [2.45, 2.75) is 63.9 Å². The van der Waals surface area contributed by atoms with E-state index in [-0.39, 0.29) is 30.3 Å². The Balaban J connectivity index is 1.79. The number of esters is 1. The Bertz CT molecular complexity index is 892. The summed E-state index contributed by atoms with van der Waals surface area (Å²) in [6, 6.07) is 1.07. The van der Waals surface area contributed by atoms with Crippen LogP contribution in [0.1, 0.15) is 56.0 Å². The highest BCUT2D eigenvalue weighted by Gasteiger charge is 2.53. The first-order valence-corrected chi connectivity index (χ1v) is 10.0. The van der Waals surface area contributed by atoms with Gasteiger partial charge in [-0.2, -0.15) is 0 Å². The predicted octanol–water partition coefficient (Wildman–Crippen LogP) is 1.04. The molecule has 4 N–H and O–H groups in total. The number of fused-ring (bicyclic) bond motifs is 4. The minimum absolute atomic E-state index is 0.0329. The van der Waals surface area contributed by atoms with Gasteiger partial charge in [0.2, 0.25) is 12.5 Å². The SMILES string of the molecule is C[C@@H]1[C@H](O)[C@@H](O)[C@H](CC(=O)OC(C)(C)C)[C@@H]2c3cc4c(c(O)c3C(=O)N[C@@H]12)OCO4. The van der Waals surface area contributed by atoms with Gasteiger partial charge in [0, 0.05) is 23.8 Å². The molecule has 2 aliphatic heterocycles. The summed E-state index contributed by atoms with van der Waals surface area (Å²) in [4.78, 5) is 25.4. The molecule has 1 fully saturated rings. The van der Waals surface area contributed by atoms with Crippen LogP contribution in [0.3, 0.4) is 0 Å². The van der Waals surface area contributed by atoms with Crippen molar-refractivity contribution in [2.75, 3.05) is 6.79 Å². The highest BCUT2D eigenvalue weighted by molar-refractivity contribution is 6.01. The average Bonchev–Trinajstić information content (AvgIpc) is 3.11. The van der Waals surface area contributed by atoms with Crippen LogP contribution in [0.15, 0.2) is 6.07 Å². The monoisotopic (exact) mass is 421 g/mol. The summed E-state index contributed by atoms with van der Waals surface area (Å²) in [6.07, 6.45) is -2.51. The van der Waals surface area contributed by atoms with E-state index in [0.29, 0.717) is 11.3 Å². The number of hydrogen-bond acceptors (Lipinski definition) is 8. The van der Waals surface area contributed by atoms with E-state index in [0.717, 1.165) is 0 Å². The second-order valence-corrected chi connectivity index (χ2v) is 9.24. The minimum Gasteiger partial charge on any atom is -0.504 e. The van der Waals surface area contributed by atoms with Gasteiger partial charge < -0.3 is 34.8 Å². The third-order valence-corrected chi connectivity index (χ3v) is 6.12. The number of carbonyl (C=O) groups is 2. The smallest absolute Gasteiger partial charge is 0.306 e. The number of aromatic hydroxyl groups is 1. The molecule has 30 heavy (non-hydrogen) atoms. The zero-order valence-electron chi connectivity index (χ0n) is 17.3. The molecule has 0 radical (unpaired) electrons. The van der Waals surface area contributed by atoms with E-state index in [2.05, 4.69) is 5.32 Å². The number of aliphatic hydroxyl groups is 2. The normalized spacial score (nSPS) is 32.1. The number of nitrogens with one attached hydrogen (secondary N) is 1. The fraction of sp³-hybridized carbons (Fsp3) is 0.619. The molecule has 9 heteroatoms. The fourth-order valence-electron chi connectivity index (χ4n) is 4.82. The largest absolute Gasteiger partial charge is 0.504 e. The van der Waals surface area contributed by atoms with E-state index in [1.807, 2.05) is 0 Å². The second-order valence-electron chi connectivity index (χ2n) is 9.24. The van der Waals surface area contributed by atoms with Crippen molar-refractivity contribution >= 4 is 11.9 Å². The molecule has 1 aliphatic carbocycles. The Labute approximate surface area is 173 Å². The second kappa shape index (κ2) is 7.02. The molecular formula is C21H27NO8. The molecule has 1 saturated carbocycles. The van der Waals surface area contributed by atoms with Gasteiger partial charge in [0.05, 0.1) is 24.2 Å². The molecule has 1 aromatic rings. The number of rotatable bonds is 2. The number of benzene rings is 1. The predicted molar refractivity (Wildman–Crippen MR) is 103 cm³/mol. The molecular weight excluding hydrogens is 394 g/mol. The van der Waals surface area contributed by atoms with E-state index in [1.54, 1.807) is 33.8 Å². The summed E-state index contributed by atoms with van der Waals surface area (Å²) in [7, 11) is 0. The number of ether oxygens (including phenoxy) is 3. The highest BCUT2D eigenvalue weighted by Crippen LogP contribution is 2.52. The van der Waals surface area contributed by atoms with Crippen LogP contribution in [0.25, 0.3) is 0 Å². The van der Waals surface area contributed by atoms with Crippen LogP contribution in [0.4, 0.5) is 0 Å². The molecule has 0 saturated heterocycles. The number of hydrogen-bond donors (Lipinski definition) is 4. The van der Waals surface area contributed by atoms with Gasteiger partial charge >= 0.3 is 5.97 Å². The lowest BCUT2D eigenvalue weighted by atomic mass is 9.62. The van der Waals surface area contributed by atoms with Gasteiger partial charge in [-0.15, -0.1) is 0 Å². The lowest BCUT2D eigenvalue weighted by Crippen LogP contribution is -2.61. The molecule has 1 amide bonds. The molecule has 0 aromatic heterocycles. The Morgan fingerprint density at radius 3 is 2.63 bits per heavy atom. The Morgan fingerprint density at radius 1 is 1.27 bits per heavy atom. The molecule has 9 nitrogen and oxygen atoms in total. The van der Waals surface area contributed by atoms with Gasteiger partial charge in [-0.3, -0.25) is 9.59 Å². The maximum Gasteiger partial charge on any atom is 0.306 e. The minimum atomic E-state index is -1.22. The number of carbonyl (C=O) groups excluding carboxylic acids is 2. The van der Waals surface area contributed by atoms with Crippen molar-refractivity contribution in [1.29, 1.82) is 0 Å². The van der Waals surface area contributed by atoms with Crippen LogP contribution in [-0.4, -0.2) is 57.8 Å². The van der Waals surface area contributed by atoms with E-state index in [9.17, 15) is 24.9 Å². The first-order chi connectivity index (χ1) is 14.0. The van der Waals surface area contributed by atoms with Gasteiger partial charge in [0.15, 0.2) is 11.5 Å². The number of aliphatic hydroxyl groups excluding tert-OH is 2. The van der Waals surface area contributed by atoms with Crippen molar-refractivity contribution in [3.8, 4) is 17.2 Å². The van der Waals surface area contributed by atoms with Crippen molar-refractivity contribution in [3.63, 3.8) is 0 Å². The molecule has 6 atom stereocenters. The summed E-state index contributed by atoms with van der Waals surface area (Å²) < 4.78 is 16.1. The molecule has 0 bridgehead atoms. The van der Waals surface area contributed by atoms with Crippen LogP contribution < -0.4 is 14.8 Å². The molecule has 0 spiro atoms. The van der Waals surface area contributed by atoms with Gasteiger partial charge in [-0.05, 0) is 32.4 Å². The lowest BCUT2D eigenvalue weighted by Gasteiger charge is -2.50. The molecule has 0 unspecified atom stereocenters. The van der Waals surface area contributed by atoms with E-state index in [4.69, 9.17) is 14.2 Å². The van der Waals surface area contributed by atoms with Crippen LogP contribution in [-0.2, 0) is 9.53 Å². The number of phenolic OH excluding ortho intramolecular Hbond substituents is 1. The van der Waals surface area contributed by atoms with Gasteiger partial charge in [0.25, 0.3) is 5.91 Å². The number of amides is 1. The first kappa shape index (κ1) is 20.7. The van der Waals surface area contributed by atoms with Crippen LogP contribution in [0.2, 0.25) is 0 Å². The topological polar surface area (TPSA) is 135 Å². The number of phenols is 1. The van der Waals surface area contributed by atoms with Crippen LogP contribution >= 0.6 is 0 Å². The maximum atomic E-state index is 12.8. The van der Waals surface area contributed by atoms with Crippen molar-refractivity contribution in [3.05, 3.63) is 17.2 Å². The maximum absolute atomic E-state index is 12.8. The molecule has 1 aromatic carbocycles. The van der Waals surface area contributed by atoms with Gasteiger partial charge in [-0.25, -0.2) is 0 Å². The zero-order chi connectivity index (χ0) is 22.0. The zero-order valence-corrected chi connectivity index (χ0v) is 17.3. The van der Waals surface area contributed by atoms with Gasteiger partial charge in [-0.1, -0.05) is 6.92 Å². The fourth-order valence-corrected chi connectivity index (χ4v) is 4.82. The van der Waals surface area contributed by atoms with E-state index >= 15 is 0 Å².